The van der Waals surface area contributed by atoms with E-state index in [9.17, 15) is 4.79 Å². The lowest BCUT2D eigenvalue weighted by atomic mass is 10.1. The summed E-state index contributed by atoms with van der Waals surface area (Å²) < 4.78 is 4.96. The van der Waals surface area contributed by atoms with Gasteiger partial charge in [-0.2, -0.15) is 0 Å². The van der Waals surface area contributed by atoms with E-state index in [1.165, 1.54) is 14.0 Å². The molecule has 0 bridgehead atoms. The Morgan fingerprint density at radius 2 is 1.83 bits per heavy atom. The van der Waals surface area contributed by atoms with Crippen molar-refractivity contribution in [1.29, 1.82) is 0 Å². The molecule has 1 aromatic carbocycles. The first-order valence-electron chi connectivity index (χ1n) is 3.73. The van der Waals surface area contributed by atoms with Crippen LogP contribution in [0.25, 0.3) is 0 Å². The number of benzene rings is 1. The highest BCUT2D eigenvalue weighted by Crippen LogP contribution is 2.15. The van der Waals surface area contributed by atoms with Crippen molar-refractivity contribution < 1.29 is 9.53 Å². The van der Waals surface area contributed by atoms with Gasteiger partial charge in [-0.25, -0.2) is 0 Å². The number of rotatable bonds is 3. The lowest BCUT2D eigenvalue weighted by Crippen LogP contribution is -2.11. The molecule has 12 heavy (non-hydrogen) atoms. The molecule has 0 saturated carbocycles. The molecule has 0 heterocycles. The topological polar surface area (TPSA) is 26.3 Å². The Hall–Kier alpha value is -1.15. The molecule has 0 atom stereocenters. The fourth-order valence-electron chi connectivity index (χ4n) is 1.05. The van der Waals surface area contributed by atoms with Gasteiger partial charge in [0, 0.05) is 7.11 Å². The molecular weight excluding hydrogens is 152 g/mol. The molecular formula is C10H11O2. The molecule has 0 spiro atoms. The molecule has 0 amide bonds. The van der Waals surface area contributed by atoms with Gasteiger partial charge >= 0.3 is 0 Å². The minimum Gasteiger partial charge on any atom is -0.362 e. The molecule has 0 unspecified atom stereocenters. The van der Waals surface area contributed by atoms with Crippen molar-refractivity contribution in [2.24, 2.45) is 0 Å². The first-order valence-corrected chi connectivity index (χ1v) is 3.73. The molecule has 0 aliphatic carbocycles. The van der Waals surface area contributed by atoms with E-state index in [0.29, 0.717) is 6.10 Å². The highest BCUT2D eigenvalue weighted by Gasteiger charge is 2.16. The van der Waals surface area contributed by atoms with E-state index >= 15 is 0 Å². The van der Waals surface area contributed by atoms with E-state index < -0.39 is 0 Å². The van der Waals surface area contributed by atoms with Gasteiger partial charge in [-0.3, -0.25) is 4.79 Å². The number of Topliss-reactive ketones (excluding diaryl/α,β-unsaturated/α-hetero) is 1. The van der Waals surface area contributed by atoms with Crippen LogP contribution in [0.2, 0.25) is 0 Å². The predicted molar refractivity (Wildman–Crippen MR) is 46.5 cm³/mol. The van der Waals surface area contributed by atoms with E-state index in [2.05, 4.69) is 0 Å². The summed E-state index contributed by atoms with van der Waals surface area (Å²) >= 11 is 0. The van der Waals surface area contributed by atoms with Gasteiger partial charge in [0.1, 0.15) is 0 Å². The van der Waals surface area contributed by atoms with Crippen molar-refractivity contribution in [2.75, 3.05) is 7.11 Å². The van der Waals surface area contributed by atoms with E-state index in [0.717, 1.165) is 5.56 Å². The Morgan fingerprint density at radius 3 is 2.25 bits per heavy atom. The van der Waals surface area contributed by atoms with Crippen LogP contribution in [0.4, 0.5) is 0 Å². The number of hydrogen-bond acceptors (Lipinski definition) is 2. The van der Waals surface area contributed by atoms with Crippen LogP contribution in [0, 0.1) is 6.10 Å². The zero-order valence-electron chi connectivity index (χ0n) is 7.20. The Labute approximate surface area is 72.2 Å². The molecule has 1 rings (SSSR count). The summed E-state index contributed by atoms with van der Waals surface area (Å²) in [6.45, 7) is 1.49. The number of hydrogen-bond donors (Lipinski definition) is 0. The van der Waals surface area contributed by atoms with E-state index in [1.54, 1.807) is 0 Å². The summed E-state index contributed by atoms with van der Waals surface area (Å²) in [4.78, 5) is 11.0. The van der Waals surface area contributed by atoms with Crippen LogP contribution >= 0.6 is 0 Å². The van der Waals surface area contributed by atoms with Crippen LogP contribution < -0.4 is 0 Å². The van der Waals surface area contributed by atoms with Crippen LogP contribution in [-0.4, -0.2) is 12.9 Å². The standard InChI is InChI=1S/C10H11O2/c1-8(11)10(12-2)9-6-4-3-5-7-9/h3-7H,1-2H3. The first kappa shape index (κ1) is 8.94. The van der Waals surface area contributed by atoms with Gasteiger partial charge in [-0.15, -0.1) is 0 Å². The van der Waals surface area contributed by atoms with Gasteiger partial charge < -0.3 is 4.74 Å². The van der Waals surface area contributed by atoms with Gasteiger partial charge in [0.15, 0.2) is 11.9 Å². The molecule has 0 N–H and O–H groups in total. The second-order valence-electron chi connectivity index (χ2n) is 2.46. The zero-order valence-corrected chi connectivity index (χ0v) is 7.20. The SMILES string of the molecule is CO[C](C(C)=O)c1ccccc1. The number of methoxy groups -OCH3 is 1. The second kappa shape index (κ2) is 4.02. The average molecular weight is 163 g/mol. The molecule has 0 aromatic heterocycles. The number of carbonyl (C=O) groups is 1. The first-order chi connectivity index (χ1) is 5.75. The predicted octanol–water partition coefficient (Wildman–Crippen LogP) is 1.80. The van der Waals surface area contributed by atoms with E-state index in [1.807, 2.05) is 30.3 Å². The third-order valence-electron chi connectivity index (χ3n) is 1.56. The third kappa shape index (κ3) is 1.92. The third-order valence-corrected chi connectivity index (χ3v) is 1.56. The highest BCUT2D eigenvalue weighted by molar-refractivity contribution is 5.91. The normalized spacial score (nSPS) is 10.2. The van der Waals surface area contributed by atoms with Crippen LogP contribution in [-0.2, 0) is 9.53 Å². The fraction of sp³-hybridized carbons (Fsp3) is 0.200. The van der Waals surface area contributed by atoms with Crippen LogP contribution in [0.1, 0.15) is 12.5 Å². The Kier molecular flexibility index (Phi) is 3.00. The van der Waals surface area contributed by atoms with Crippen molar-refractivity contribution in [1.82, 2.24) is 0 Å². The zero-order chi connectivity index (χ0) is 8.97. The summed E-state index contributed by atoms with van der Waals surface area (Å²) in [5.41, 5.74) is 0.826. The van der Waals surface area contributed by atoms with Gasteiger partial charge in [0.05, 0.1) is 0 Å². The molecule has 0 aliphatic rings. The van der Waals surface area contributed by atoms with E-state index in [-0.39, 0.29) is 5.78 Å². The van der Waals surface area contributed by atoms with Crippen LogP contribution in [0.3, 0.4) is 0 Å². The van der Waals surface area contributed by atoms with Crippen LogP contribution in [0.5, 0.6) is 0 Å². The van der Waals surface area contributed by atoms with Gasteiger partial charge in [0.2, 0.25) is 0 Å². The lowest BCUT2D eigenvalue weighted by Gasteiger charge is -2.09. The Bertz CT molecular complexity index is 254. The maximum Gasteiger partial charge on any atom is 0.190 e. The molecule has 2 nitrogen and oxygen atoms in total. The molecule has 0 fully saturated rings. The number of ketones is 1. The maximum absolute atomic E-state index is 11.0. The Morgan fingerprint density at radius 1 is 1.25 bits per heavy atom. The van der Waals surface area contributed by atoms with Crippen molar-refractivity contribution in [3.05, 3.63) is 42.0 Å². The number of carbonyl (C=O) groups excluding carboxylic acids is 1. The minimum absolute atomic E-state index is 0.0521. The van der Waals surface area contributed by atoms with Crippen LogP contribution in [0.15, 0.2) is 30.3 Å². The summed E-state index contributed by atoms with van der Waals surface area (Å²) in [6.07, 6.45) is 0.413. The van der Waals surface area contributed by atoms with Gasteiger partial charge in [0.25, 0.3) is 0 Å². The van der Waals surface area contributed by atoms with Crippen molar-refractivity contribution in [3.63, 3.8) is 0 Å². The fourth-order valence-corrected chi connectivity index (χ4v) is 1.05. The monoisotopic (exact) mass is 163 g/mol. The smallest absolute Gasteiger partial charge is 0.190 e. The summed E-state index contributed by atoms with van der Waals surface area (Å²) in [6, 6.07) is 9.34. The Balaban J connectivity index is 2.88. The van der Waals surface area contributed by atoms with Gasteiger partial charge in [-0.05, 0) is 12.5 Å². The van der Waals surface area contributed by atoms with Crippen molar-refractivity contribution >= 4 is 5.78 Å². The van der Waals surface area contributed by atoms with Crippen molar-refractivity contribution in [2.45, 2.75) is 6.92 Å². The largest absolute Gasteiger partial charge is 0.362 e. The van der Waals surface area contributed by atoms with E-state index in [4.69, 9.17) is 4.74 Å². The van der Waals surface area contributed by atoms with Gasteiger partial charge in [-0.1, -0.05) is 30.3 Å². The molecule has 2 heteroatoms. The van der Waals surface area contributed by atoms with Crippen molar-refractivity contribution in [3.8, 4) is 0 Å². The molecule has 63 valence electrons. The molecule has 1 radical (unpaired) electrons. The molecule has 1 aromatic rings. The average Bonchev–Trinajstić information content (AvgIpc) is 2.07. The summed E-state index contributed by atoms with van der Waals surface area (Å²) in [5.74, 6) is -0.0521. The quantitative estimate of drug-likeness (QED) is 0.679. The summed E-state index contributed by atoms with van der Waals surface area (Å²) in [5, 5.41) is 0. The lowest BCUT2D eigenvalue weighted by molar-refractivity contribution is -0.119. The minimum atomic E-state index is -0.0521. The summed E-state index contributed by atoms with van der Waals surface area (Å²) in [7, 11) is 1.50. The highest BCUT2D eigenvalue weighted by atomic mass is 16.5. The molecule has 0 aliphatic heterocycles. The second-order valence-corrected chi connectivity index (χ2v) is 2.46. The number of ether oxygens (including phenoxy) is 1. The molecule has 0 saturated heterocycles. The maximum atomic E-state index is 11.0.